The van der Waals surface area contributed by atoms with Gasteiger partial charge in [-0.3, -0.25) is 19.3 Å². The van der Waals surface area contributed by atoms with Gasteiger partial charge in [0.1, 0.15) is 6.04 Å². The van der Waals surface area contributed by atoms with E-state index in [9.17, 15) is 19.2 Å². The van der Waals surface area contributed by atoms with Crippen LogP contribution in [-0.4, -0.2) is 40.6 Å². The maximum absolute atomic E-state index is 13.8. The fraction of sp³-hybridized carbons (Fsp3) is 0.267. The average molecular weight is 480 g/mol. The zero-order chi connectivity index (χ0) is 25.1. The molecule has 0 saturated carbocycles. The van der Waals surface area contributed by atoms with E-state index >= 15 is 0 Å². The molecule has 6 nitrogen and oxygen atoms in total. The van der Waals surface area contributed by atoms with Crippen molar-refractivity contribution in [3.05, 3.63) is 107 Å². The first-order valence-electron chi connectivity index (χ1n) is 12.2. The molecule has 1 fully saturated rings. The third-order valence-corrected chi connectivity index (χ3v) is 7.93. The number of ketones is 1. The van der Waals surface area contributed by atoms with Gasteiger partial charge in [-0.25, -0.2) is 4.79 Å². The topological polar surface area (TPSA) is 80.8 Å². The van der Waals surface area contributed by atoms with E-state index in [1.54, 1.807) is 30.3 Å². The Bertz CT molecular complexity index is 1300. The number of benzene rings is 3. The molecule has 4 atom stereocenters. The summed E-state index contributed by atoms with van der Waals surface area (Å²) in [6.07, 6.45) is -1.04. The summed E-state index contributed by atoms with van der Waals surface area (Å²) in [5, 5.41) is 0. The SMILES string of the molecule is C[C@H](OC(=O)[C@H](C)N1C(=O)[C@@H]2C3c4ccccc4C(c4ccccc43)[C@@H]2C1=O)C(=O)c1ccccc1. The molecule has 180 valence electrons. The lowest BCUT2D eigenvalue weighted by atomic mass is 9.55. The van der Waals surface area contributed by atoms with Gasteiger partial charge < -0.3 is 4.74 Å². The first kappa shape index (κ1) is 22.4. The van der Waals surface area contributed by atoms with Crippen molar-refractivity contribution in [1.29, 1.82) is 0 Å². The number of carbonyl (C=O) groups is 4. The number of hydrogen-bond acceptors (Lipinski definition) is 5. The van der Waals surface area contributed by atoms with Gasteiger partial charge in [0.15, 0.2) is 6.10 Å². The van der Waals surface area contributed by atoms with Crippen LogP contribution < -0.4 is 0 Å². The van der Waals surface area contributed by atoms with Crippen molar-refractivity contribution in [2.24, 2.45) is 11.8 Å². The molecule has 1 saturated heterocycles. The number of carbonyl (C=O) groups excluding carboxylic acids is 4. The summed E-state index contributed by atoms with van der Waals surface area (Å²) in [4.78, 5) is 54.4. The van der Waals surface area contributed by atoms with Crippen LogP contribution in [0.3, 0.4) is 0 Å². The number of esters is 1. The van der Waals surface area contributed by atoms with Gasteiger partial charge in [0.05, 0.1) is 11.8 Å². The highest BCUT2D eigenvalue weighted by atomic mass is 16.5. The van der Waals surface area contributed by atoms with Gasteiger partial charge in [-0.2, -0.15) is 0 Å². The van der Waals surface area contributed by atoms with Crippen LogP contribution in [-0.2, 0) is 19.1 Å². The number of likely N-dealkylation sites (tertiary alicyclic amines) is 1. The van der Waals surface area contributed by atoms with Crippen molar-refractivity contribution in [3.8, 4) is 0 Å². The van der Waals surface area contributed by atoms with Gasteiger partial charge in [-0.05, 0) is 36.1 Å². The van der Waals surface area contributed by atoms with E-state index in [0.29, 0.717) is 5.56 Å². The molecule has 3 aromatic rings. The Balaban J connectivity index is 1.30. The van der Waals surface area contributed by atoms with E-state index in [1.807, 2.05) is 48.5 Å². The molecule has 2 amide bonds. The fourth-order valence-corrected chi connectivity index (χ4v) is 6.35. The van der Waals surface area contributed by atoms with E-state index in [-0.39, 0.29) is 29.4 Å². The molecule has 36 heavy (non-hydrogen) atoms. The molecule has 3 aromatic carbocycles. The van der Waals surface area contributed by atoms with Crippen molar-refractivity contribution in [1.82, 2.24) is 4.90 Å². The van der Waals surface area contributed by atoms with Crippen molar-refractivity contribution >= 4 is 23.6 Å². The summed E-state index contributed by atoms with van der Waals surface area (Å²) >= 11 is 0. The summed E-state index contributed by atoms with van der Waals surface area (Å²) in [7, 11) is 0. The Kier molecular flexibility index (Phi) is 5.14. The molecule has 1 aliphatic heterocycles. The molecule has 0 N–H and O–H groups in total. The minimum Gasteiger partial charge on any atom is -0.453 e. The van der Waals surface area contributed by atoms with E-state index < -0.39 is 30.0 Å². The van der Waals surface area contributed by atoms with Crippen molar-refractivity contribution in [2.75, 3.05) is 0 Å². The Morgan fingerprint density at radius 2 is 1.11 bits per heavy atom. The van der Waals surface area contributed by atoms with Crippen LogP contribution in [0.1, 0.15) is 58.3 Å². The standard InChI is InChI=1S/C30H25NO5/c1-16(30(35)36-17(2)27(32)18-10-4-3-5-11-18)31-28(33)25-23-19-12-6-7-13-20(19)24(26(25)29(31)34)22-15-9-8-14-21(22)23/h3-17,23-26H,1-2H3/t16-,17-,23?,24?,25-,26+/m0/s1. The summed E-state index contributed by atoms with van der Waals surface area (Å²) in [5.41, 5.74) is 4.72. The molecule has 0 radical (unpaired) electrons. The summed E-state index contributed by atoms with van der Waals surface area (Å²) in [6.45, 7) is 3.00. The lowest BCUT2D eigenvalue weighted by Gasteiger charge is -2.45. The van der Waals surface area contributed by atoms with E-state index in [1.165, 1.54) is 13.8 Å². The summed E-state index contributed by atoms with van der Waals surface area (Å²) in [6, 6.07) is 23.4. The molecule has 0 unspecified atom stereocenters. The molecule has 7 rings (SSSR count). The summed E-state index contributed by atoms with van der Waals surface area (Å²) < 4.78 is 5.45. The molecular formula is C30H25NO5. The van der Waals surface area contributed by atoms with Gasteiger partial charge in [0, 0.05) is 17.4 Å². The van der Waals surface area contributed by atoms with Gasteiger partial charge in [-0.15, -0.1) is 0 Å². The van der Waals surface area contributed by atoms with Crippen LogP contribution >= 0.6 is 0 Å². The molecule has 0 spiro atoms. The maximum Gasteiger partial charge on any atom is 0.329 e. The average Bonchev–Trinajstić information content (AvgIpc) is 3.18. The van der Waals surface area contributed by atoms with Crippen LogP contribution in [0.15, 0.2) is 78.9 Å². The Labute approximate surface area is 208 Å². The van der Waals surface area contributed by atoms with Gasteiger partial charge in [0.25, 0.3) is 0 Å². The lowest BCUT2D eigenvalue weighted by Crippen LogP contribution is -2.45. The highest BCUT2D eigenvalue weighted by Gasteiger charge is 2.62. The largest absolute Gasteiger partial charge is 0.453 e. The van der Waals surface area contributed by atoms with Crippen LogP contribution in [0.25, 0.3) is 0 Å². The second kappa shape index (κ2) is 8.26. The first-order chi connectivity index (χ1) is 17.4. The number of rotatable bonds is 5. The second-order valence-corrected chi connectivity index (χ2v) is 9.80. The van der Waals surface area contributed by atoms with Gasteiger partial charge >= 0.3 is 5.97 Å². The third-order valence-electron chi connectivity index (χ3n) is 7.93. The Hall–Kier alpha value is -4.06. The lowest BCUT2D eigenvalue weighted by molar-refractivity contribution is -0.159. The quantitative estimate of drug-likeness (QED) is 0.313. The van der Waals surface area contributed by atoms with Crippen LogP contribution in [0.4, 0.5) is 0 Å². The smallest absolute Gasteiger partial charge is 0.329 e. The molecule has 0 aromatic heterocycles. The molecule has 1 heterocycles. The van der Waals surface area contributed by atoms with Crippen LogP contribution in [0.5, 0.6) is 0 Å². The highest BCUT2D eigenvalue weighted by molar-refractivity contribution is 6.10. The van der Waals surface area contributed by atoms with Crippen molar-refractivity contribution < 1.29 is 23.9 Å². The number of ether oxygens (including phenoxy) is 1. The highest BCUT2D eigenvalue weighted by Crippen LogP contribution is 2.61. The normalized spacial score (nSPS) is 25.0. The summed E-state index contributed by atoms with van der Waals surface area (Å²) in [5.74, 6) is -3.42. The Morgan fingerprint density at radius 3 is 1.56 bits per heavy atom. The maximum atomic E-state index is 13.8. The predicted molar refractivity (Wildman–Crippen MR) is 131 cm³/mol. The number of Topliss-reactive ketones (excluding diaryl/α,β-unsaturated/α-hetero) is 1. The predicted octanol–water partition coefficient (Wildman–Crippen LogP) is 4.08. The van der Waals surface area contributed by atoms with E-state index in [0.717, 1.165) is 27.2 Å². The third kappa shape index (κ3) is 3.10. The number of nitrogens with zero attached hydrogens (tertiary/aromatic N) is 1. The van der Waals surface area contributed by atoms with Crippen molar-refractivity contribution in [3.63, 3.8) is 0 Å². The fourth-order valence-electron chi connectivity index (χ4n) is 6.35. The monoisotopic (exact) mass is 479 g/mol. The van der Waals surface area contributed by atoms with E-state index in [4.69, 9.17) is 4.74 Å². The molecule has 3 aliphatic carbocycles. The van der Waals surface area contributed by atoms with E-state index in [2.05, 4.69) is 0 Å². The number of imide groups is 1. The molecule has 6 heteroatoms. The molecule has 4 aliphatic rings. The Morgan fingerprint density at radius 1 is 0.694 bits per heavy atom. The number of amides is 2. The zero-order valence-electron chi connectivity index (χ0n) is 20.0. The van der Waals surface area contributed by atoms with Crippen molar-refractivity contribution in [2.45, 2.75) is 37.8 Å². The van der Waals surface area contributed by atoms with Crippen LogP contribution in [0, 0.1) is 11.8 Å². The van der Waals surface area contributed by atoms with Crippen LogP contribution in [0.2, 0.25) is 0 Å². The molecular weight excluding hydrogens is 454 g/mol. The first-order valence-corrected chi connectivity index (χ1v) is 12.2. The minimum atomic E-state index is -1.13. The van der Waals surface area contributed by atoms with Gasteiger partial charge in [0.2, 0.25) is 17.6 Å². The zero-order valence-corrected chi connectivity index (χ0v) is 20.0. The molecule has 2 bridgehead atoms. The van der Waals surface area contributed by atoms with Gasteiger partial charge in [-0.1, -0.05) is 78.9 Å². The minimum absolute atomic E-state index is 0.240. The number of hydrogen-bond donors (Lipinski definition) is 0. The second-order valence-electron chi connectivity index (χ2n) is 9.80.